The third kappa shape index (κ3) is 5.73. The van der Waals surface area contributed by atoms with E-state index in [1.807, 2.05) is 11.9 Å². The highest BCUT2D eigenvalue weighted by Crippen LogP contribution is 2.33. The van der Waals surface area contributed by atoms with Crippen molar-refractivity contribution in [3.05, 3.63) is 0 Å². The molecule has 1 atom stereocenters. The zero-order valence-electron chi connectivity index (χ0n) is 10.5. The maximum absolute atomic E-state index is 12.6. The van der Waals surface area contributed by atoms with Gasteiger partial charge in [0.05, 0.1) is 5.92 Å². The maximum atomic E-state index is 12.6. The van der Waals surface area contributed by atoms with E-state index in [-0.39, 0.29) is 6.54 Å². The quantitative estimate of drug-likeness (QED) is 0.731. The van der Waals surface area contributed by atoms with Crippen LogP contribution in [-0.2, 0) is 0 Å². The second-order valence-corrected chi connectivity index (χ2v) is 4.85. The minimum atomic E-state index is -4.01. The molecule has 0 aromatic heterocycles. The molecule has 1 heterocycles. The van der Waals surface area contributed by atoms with E-state index in [2.05, 4.69) is 5.32 Å². The molecule has 0 saturated carbocycles. The van der Waals surface area contributed by atoms with Gasteiger partial charge in [-0.15, -0.1) is 0 Å². The summed E-state index contributed by atoms with van der Waals surface area (Å²) in [7, 11) is 1.92. The molecule has 102 valence electrons. The topological polar surface area (TPSA) is 15.3 Å². The second-order valence-electron chi connectivity index (χ2n) is 4.85. The Morgan fingerprint density at radius 1 is 1.24 bits per heavy atom. The van der Waals surface area contributed by atoms with Gasteiger partial charge in [-0.1, -0.05) is 6.42 Å². The first-order valence-electron chi connectivity index (χ1n) is 6.47. The molecule has 0 amide bonds. The normalized spacial score (nSPS) is 22.9. The van der Waals surface area contributed by atoms with Crippen LogP contribution in [0.5, 0.6) is 0 Å². The van der Waals surface area contributed by atoms with Crippen molar-refractivity contribution in [2.75, 3.05) is 33.2 Å². The van der Waals surface area contributed by atoms with Crippen molar-refractivity contribution >= 4 is 0 Å². The van der Waals surface area contributed by atoms with Gasteiger partial charge in [0.15, 0.2) is 0 Å². The first kappa shape index (κ1) is 14.8. The molecule has 1 saturated heterocycles. The molecule has 0 aromatic rings. The lowest BCUT2D eigenvalue weighted by Crippen LogP contribution is -2.42. The molecule has 17 heavy (non-hydrogen) atoms. The fourth-order valence-corrected chi connectivity index (χ4v) is 2.34. The Morgan fingerprint density at radius 2 is 2.00 bits per heavy atom. The lowest BCUT2D eigenvalue weighted by Gasteiger charge is -2.33. The Kier molecular flexibility index (Phi) is 6.27. The van der Waals surface area contributed by atoms with Crippen LogP contribution in [0.15, 0.2) is 0 Å². The number of piperidine rings is 1. The number of hydrogen-bond donors (Lipinski definition) is 1. The summed E-state index contributed by atoms with van der Waals surface area (Å²) in [6.07, 6.45) is 0.179. The molecule has 5 heteroatoms. The molecule has 0 radical (unpaired) electrons. The number of rotatable bonds is 6. The summed E-state index contributed by atoms with van der Waals surface area (Å²) in [4.78, 5) is 1.97. The fraction of sp³-hybridized carbons (Fsp3) is 1.00. The van der Waals surface area contributed by atoms with Gasteiger partial charge >= 0.3 is 6.18 Å². The van der Waals surface area contributed by atoms with E-state index in [9.17, 15) is 13.2 Å². The number of halogens is 3. The second kappa shape index (κ2) is 7.21. The van der Waals surface area contributed by atoms with Crippen molar-refractivity contribution in [3.8, 4) is 0 Å². The third-order valence-corrected chi connectivity index (χ3v) is 3.37. The molecular weight excluding hydrogens is 229 g/mol. The van der Waals surface area contributed by atoms with Crippen molar-refractivity contribution in [1.82, 2.24) is 10.2 Å². The molecule has 0 aromatic carbocycles. The number of nitrogens with one attached hydrogen (secondary N) is 1. The minimum Gasteiger partial charge on any atom is -0.320 e. The van der Waals surface area contributed by atoms with E-state index in [1.165, 1.54) is 0 Å². The molecule has 1 unspecified atom stereocenters. The van der Waals surface area contributed by atoms with Crippen molar-refractivity contribution < 1.29 is 13.2 Å². The molecule has 0 spiro atoms. The molecule has 0 aliphatic carbocycles. The third-order valence-electron chi connectivity index (χ3n) is 3.37. The predicted molar refractivity (Wildman–Crippen MR) is 63.0 cm³/mol. The van der Waals surface area contributed by atoms with Gasteiger partial charge in [0.1, 0.15) is 0 Å². The van der Waals surface area contributed by atoms with Gasteiger partial charge < -0.3 is 10.2 Å². The minimum absolute atomic E-state index is 0.204. The van der Waals surface area contributed by atoms with Crippen LogP contribution >= 0.6 is 0 Å². The highest BCUT2D eigenvalue weighted by atomic mass is 19.4. The highest BCUT2D eigenvalue weighted by Gasteiger charge is 2.41. The number of hydrogen-bond acceptors (Lipinski definition) is 2. The van der Waals surface area contributed by atoms with E-state index >= 15 is 0 Å². The maximum Gasteiger partial charge on any atom is 0.393 e. The van der Waals surface area contributed by atoms with Crippen LogP contribution in [0.1, 0.15) is 32.1 Å². The van der Waals surface area contributed by atoms with Gasteiger partial charge in [0.25, 0.3) is 0 Å². The van der Waals surface area contributed by atoms with Crippen molar-refractivity contribution in [2.45, 2.75) is 38.3 Å². The summed E-state index contributed by atoms with van der Waals surface area (Å²) < 4.78 is 37.7. The smallest absolute Gasteiger partial charge is 0.320 e. The summed E-state index contributed by atoms with van der Waals surface area (Å²) in [6.45, 7) is 2.84. The number of likely N-dealkylation sites (tertiary alicyclic amines) is 1. The first-order valence-corrected chi connectivity index (χ1v) is 6.47. The number of nitrogens with zero attached hydrogens (tertiary/aromatic N) is 1. The standard InChI is InChI=1S/C12H23F3N2/c1-16-7-3-2-4-8-17-9-5-6-11(10-17)12(13,14)15/h11,16H,2-10H2,1H3. The van der Waals surface area contributed by atoms with Gasteiger partial charge in [0.2, 0.25) is 0 Å². The Balaban J connectivity index is 2.17. The van der Waals surface area contributed by atoms with Crippen LogP contribution in [-0.4, -0.2) is 44.3 Å². The van der Waals surface area contributed by atoms with Crippen LogP contribution < -0.4 is 5.32 Å². The first-order chi connectivity index (χ1) is 8.04. The summed E-state index contributed by atoms with van der Waals surface area (Å²) in [5.41, 5.74) is 0. The Bertz CT molecular complexity index is 206. The van der Waals surface area contributed by atoms with Gasteiger partial charge in [-0.2, -0.15) is 13.2 Å². The summed E-state index contributed by atoms with van der Waals surface area (Å²) in [6, 6.07) is 0. The van der Waals surface area contributed by atoms with Gasteiger partial charge in [-0.05, 0) is 52.4 Å². The van der Waals surface area contributed by atoms with E-state index in [4.69, 9.17) is 0 Å². The van der Waals surface area contributed by atoms with E-state index in [0.717, 1.165) is 38.9 Å². The van der Waals surface area contributed by atoms with Crippen LogP contribution in [0.3, 0.4) is 0 Å². The Labute approximate surface area is 102 Å². The SMILES string of the molecule is CNCCCCCN1CCCC(C(F)(F)F)C1. The highest BCUT2D eigenvalue weighted by molar-refractivity contribution is 4.77. The van der Waals surface area contributed by atoms with Crippen LogP contribution in [0.25, 0.3) is 0 Å². The summed E-state index contributed by atoms with van der Waals surface area (Å²) in [5.74, 6) is -1.10. The fourth-order valence-electron chi connectivity index (χ4n) is 2.34. The molecule has 1 fully saturated rings. The molecule has 1 aliphatic rings. The van der Waals surface area contributed by atoms with Crippen LogP contribution in [0.2, 0.25) is 0 Å². The Hall–Kier alpha value is -0.290. The van der Waals surface area contributed by atoms with E-state index < -0.39 is 12.1 Å². The predicted octanol–water partition coefficient (Wildman–Crippen LogP) is 2.65. The summed E-state index contributed by atoms with van der Waals surface area (Å²) >= 11 is 0. The van der Waals surface area contributed by atoms with Crippen molar-refractivity contribution in [3.63, 3.8) is 0 Å². The molecule has 0 bridgehead atoms. The van der Waals surface area contributed by atoms with Gasteiger partial charge in [-0.25, -0.2) is 0 Å². The average Bonchev–Trinajstić information content (AvgIpc) is 2.28. The van der Waals surface area contributed by atoms with Crippen LogP contribution in [0, 0.1) is 5.92 Å². The zero-order valence-corrected chi connectivity index (χ0v) is 10.5. The van der Waals surface area contributed by atoms with Crippen molar-refractivity contribution in [2.24, 2.45) is 5.92 Å². The number of alkyl halides is 3. The molecule has 1 N–H and O–H groups in total. The van der Waals surface area contributed by atoms with E-state index in [0.29, 0.717) is 12.8 Å². The monoisotopic (exact) mass is 252 g/mol. The molecular formula is C12H23F3N2. The van der Waals surface area contributed by atoms with Crippen LogP contribution in [0.4, 0.5) is 13.2 Å². The lowest BCUT2D eigenvalue weighted by atomic mass is 9.97. The molecule has 1 aliphatic heterocycles. The molecule has 2 nitrogen and oxygen atoms in total. The lowest BCUT2D eigenvalue weighted by molar-refractivity contribution is -0.186. The largest absolute Gasteiger partial charge is 0.393 e. The van der Waals surface area contributed by atoms with Crippen molar-refractivity contribution in [1.29, 1.82) is 0 Å². The van der Waals surface area contributed by atoms with Gasteiger partial charge in [0, 0.05) is 6.54 Å². The zero-order chi connectivity index (χ0) is 12.7. The van der Waals surface area contributed by atoms with E-state index in [1.54, 1.807) is 0 Å². The summed E-state index contributed by atoms with van der Waals surface area (Å²) in [5, 5.41) is 3.07. The Morgan fingerprint density at radius 3 is 2.65 bits per heavy atom. The van der Waals surface area contributed by atoms with Gasteiger partial charge in [-0.3, -0.25) is 0 Å². The molecule has 1 rings (SSSR count). The average molecular weight is 252 g/mol. The number of unbranched alkanes of at least 4 members (excludes halogenated alkanes) is 2.